The van der Waals surface area contributed by atoms with Crippen LogP contribution in [0.2, 0.25) is 0 Å². The molecule has 1 aromatic carbocycles. The molecule has 2 heteroatoms. The summed E-state index contributed by atoms with van der Waals surface area (Å²) in [6.07, 6.45) is 4.39. The minimum atomic E-state index is 0.673. The molecule has 0 aliphatic heterocycles. The van der Waals surface area contributed by atoms with Crippen LogP contribution in [-0.2, 0) is 0 Å². The van der Waals surface area contributed by atoms with E-state index < -0.39 is 0 Å². The average Bonchev–Trinajstić information content (AvgIpc) is 3.08. The molecule has 1 aliphatic carbocycles. The second kappa shape index (κ2) is 3.71. The summed E-state index contributed by atoms with van der Waals surface area (Å²) < 4.78 is 10.7. The molecular weight excluding hydrogens is 200 g/mol. The van der Waals surface area contributed by atoms with E-state index in [1.165, 1.54) is 18.4 Å². The summed E-state index contributed by atoms with van der Waals surface area (Å²) in [5, 5.41) is 0. The predicted molar refractivity (Wildman–Crippen MR) is 62.7 cm³/mol. The molecule has 0 saturated heterocycles. The maximum Gasteiger partial charge on any atom is 0.118 e. The standard InChI is InChI=1S/C14H14O2/c1-15-13-6-4-10(5-7-13)12-8-14(16-9-12)11-2-3-11/h4-9,11H,2-3H2,1H3. The molecule has 0 N–H and O–H groups in total. The zero-order valence-electron chi connectivity index (χ0n) is 9.27. The molecule has 1 heterocycles. The van der Waals surface area contributed by atoms with Gasteiger partial charge in [0.25, 0.3) is 0 Å². The van der Waals surface area contributed by atoms with Gasteiger partial charge in [-0.25, -0.2) is 0 Å². The molecule has 0 amide bonds. The molecule has 82 valence electrons. The molecule has 0 unspecified atom stereocenters. The molecular formula is C14H14O2. The highest BCUT2D eigenvalue weighted by atomic mass is 16.5. The van der Waals surface area contributed by atoms with E-state index in [1.807, 2.05) is 18.4 Å². The first-order valence-electron chi connectivity index (χ1n) is 5.59. The van der Waals surface area contributed by atoms with Crippen LogP contribution in [0.15, 0.2) is 41.0 Å². The van der Waals surface area contributed by atoms with Gasteiger partial charge in [-0.1, -0.05) is 12.1 Å². The first kappa shape index (κ1) is 9.52. The van der Waals surface area contributed by atoms with Crippen molar-refractivity contribution in [3.63, 3.8) is 0 Å². The summed E-state index contributed by atoms with van der Waals surface area (Å²) in [5.41, 5.74) is 2.33. The topological polar surface area (TPSA) is 22.4 Å². The quantitative estimate of drug-likeness (QED) is 0.774. The van der Waals surface area contributed by atoms with Gasteiger partial charge in [0.15, 0.2) is 0 Å². The van der Waals surface area contributed by atoms with Crippen molar-refractivity contribution in [2.45, 2.75) is 18.8 Å². The minimum Gasteiger partial charge on any atom is -0.497 e. The predicted octanol–water partition coefficient (Wildman–Crippen LogP) is 3.83. The summed E-state index contributed by atoms with van der Waals surface area (Å²) in [6.45, 7) is 0. The Morgan fingerprint density at radius 2 is 1.88 bits per heavy atom. The molecule has 16 heavy (non-hydrogen) atoms. The third kappa shape index (κ3) is 1.71. The van der Waals surface area contributed by atoms with E-state index in [2.05, 4.69) is 18.2 Å². The van der Waals surface area contributed by atoms with Crippen molar-refractivity contribution in [3.05, 3.63) is 42.4 Å². The van der Waals surface area contributed by atoms with Crippen molar-refractivity contribution in [3.8, 4) is 16.9 Å². The van der Waals surface area contributed by atoms with Gasteiger partial charge in [0.1, 0.15) is 11.5 Å². The molecule has 1 fully saturated rings. The summed E-state index contributed by atoms with van der Waals surface area (Å²) in [4.78, 5) is 0. The number of methoxy groups -OCH3 is 1. The fourth-order valence-corrected chi connectivity index (χ4v) is 1.87. The SMILES string of the molecule is COc1ccc(-c2coc(C3CC3)c2)cc1. The van der Waals surface area contributed by atoms with Crippen LogP contribution >= 0.6 is 0 Å². The van der Waals surface area contributed by atoms with E-state index in [9.17, 15) is 0 Å². The Labute approximate surface area is 94.9 Å². The van der Waals surface area contributed by atoms with Crippen molar-refractivity contribution >= 4 is 0 Å². The molecule has 0 radical (unpaired) electrons. The van der Waals surface area contributed by atoms with Gasteiger partial charge in [-0.3, -0.25) is 0 Å². The van der Waals surface area contributed by atoms with Gasteiger partial charge in [0.05, 0.1) is 13.4 Å². The van der Waals surface area contributed by atoms with Crippen LogP contribution in [0.3, 0.4) is 0 Å². The lowest BCUT2D eigenvalue weighted by molar-refractivity contribution is 0.415. The van der Waals surface area contributed by atoms with Crippen LogP contribution in [0.25, 0.3) is 11.1 Å². The number of ether oxygens (including phenoxy) is 1. The summed E-state index contributed by atoms with van der Waals surface area (Å²) in [7, 11) is 1.68. The highest BCUT2D eigenvalue weighted by Crippen LogP contribution is 2.42. The molecule has 2 aromatic rings. The number of hydrogen-bond donors (Lipinski definition) is 0. The van der Waals surface area contributed by atoms with Gasteiger partial charge in [0.2, 0.25) is 0 Å². The lowest BCUT2D eigenvalue weighted by Crippen LogP contribution is -1.81. The van der Waals surface area contributed by atoms with Crippen molar-refractivity contribution in [2.75, 3.05) is 7.11 Å². The fourth-order valence-electron chi connectivity index (χ4n) is 1.87. The molecule has 0 atom stereocenters. The zero-order chi connectivity index (χ0) is 11.0. The Balaban J connectivity index is 1.88. The van der Waals surface area contributed by atoms with Crippen molar-refractivity contribution in [2.24, 2.45) is 0 Å². The van der Waals surface area contributed by atoms with E-state index in [0.717, 1.165) is 17.1 Å². The maximum atomic E-state index is 5.57. The van der Waals surface area contributed by atoms with Gasteiger partial charge in [-0.05, 0) is 36.6 Å². The second-order valence-corrected chi connectivity index (χ2v) is 4.24. The van der Waals surface area contributed by atoms with Gasteiger partial charge >= 0.3 is 0 Å². The molecule has 2 nitrogen and oxygen atoms in total. The first-order chi connectivity index (χ1) is 7.86. The van der Waals surface area contributed by atoms with E-state index in [0.29, 0.717) is 5.92 Å². The van der Waals surface area contributed by atoms with Crippen LogP contribution in [0, 0.1) is 0 Å². The van der Waals surface area contributed by atoms with E-state index >= 15 is 0 Å². The van der Waals surface area contributed by atoms with Crippen LogP contribution in [0.4, 0.5) is 0 Å². The van der Waals surface area contributed by atoms with Gasteiger partial charge in [-0.2, -0.15) is 0 Å². The Bertz CT molecular complexity index is 478. The molecule has 0 bridgehead atoms. The largest absolute Gasteiger partial charge is 0.497 e. The number of benzene rings is 1. The lowest BCUT2D eigenvalue weighted by Gasteiger charge is -2.00. The minimum absolute atomic E-state index is 0.673. The van der Waals surface area contributed by atoms with Crippen molar-refractivity contribution < 1.29 is 9.15 Å². The zero-order valence-corrected chi connectivity index (χ0v) is 9.27. The van der Waals surface area contributed by atoms with Crippen LogP contribution < -0.4 is 4.74 Å². The van der Waals surface area contributed by atoms with E-state index in [1.54, 1.807) is 7.11 Å². The average molecular weight is 214 g/mol. The molecule has 0 spiro atoms. The van der Waals surface area contributed by atoms with Crippen LogP contribution in [-0.4, -0.2) is 7.11 Å². The van der Waals surface area contributed by atoms with Gasteiger partial charge in [-0.15, -0.1) is 0 Å². The normalized spacial score (nSPS) is 15.1. The Morgan fingerprint density at radius 1 is 1.12 bits per heavy atom. The first-order valence-corrected chi connectivity index (χ1v) is 5.59. The Morgan fingerprint density at radius 3 is 2.50 bits per heavy atom. The van der Waals surface area contributed by atoms with Crippen LogP contribution in [0.1, 0.15) is 24.5 Å². The lowest BCUT2D eigenvalue weighted by atomic mass is 10.1. The van der Waals surface area contributed by atoms with Gasteiger partial charge < -0.3 is 9.15 Å². The summed E-state index contributed by atoms with van der Waals surface area (Å²) >= 11 is 0. The molecule has 3 rings (SSSR count). The number of hydrogen-bond acceptors (Lipinski definition) is 2. The Hall–Kier alpha value is -1.70. The van der Waals surface area contributed by atoms with Crippen LogP contribution in [0.5, 0.6) is 5.75 Å². The summed E-state index contributed by atoms with van der Waals surface area (Å²) in [6, 6.07) is 10.2. The molecule has 1 aliphatic rings. The number of furan rings is 1. The van der Waals surface area contributed by atoms with Crippen molar-refractivity contribution in [1.82, 2.24) is 0 Å². The summed E-state index contributed by atoms with van der Waals surface area (Å²) in [5.74, 6) is 2.69. The maximum absolute atomic E-state index is 5.57. The van der Waals surface area contributed by atoms with E-state index in [4.69, 9.17) is 9.15 Å². The third-order valence-corrected chi connectivity index (χ3v) is 3.02. The Kier molecular flexibility index (Phi) is 2.21. The monoisotopic (exact) mass is 214 g/mol. The fraction of sp³-hybridized carbons (Fsp3) is 0.286. The highest BCUT2D eigenvalue weighted by Gasteiger charge is 2.26. The van der Waals surface area contributed by atoms with Crippen molar-refractivity contribution in [1.29, 1.82) is 0 Å². The third-order valence-electron chi connectivity index (χ3n) is 3.02. The van der Waals surface area contributed by atoms with Gasteiger partial charge in [0, 0.05) is 11.5 Å². The second-order valence-electron chi connectivity index (χ2n) is 4.24. The molecule has 1 aromatic heterocycles. The smallest absolute Gasteiger partial charge is 0.118 e. The highest BCUT2D eigenvalue weighted by molar-refractivity contribution is 5.63. The van der Waals surface area contributed by atoms with E-state index in [-0.39, 0.29) is 0 Å². The number of rotatable bonds is 3. The molecule has 1 saturated carbocycles.